The average Bonchev–Trinajstić information content (AvgIpc) is 4.18. The van der Waals surface area contributed by atoms with E-state index in [1.807, 2.05) is 24.3 Å². The van der Waals surface area contributed by atoms with Crippen LogP contribution in [0.5, 0.6) is 0 Å². The summed E-state index contributed by atoms with van der Waals surface area (Å²) in [5.74, 6) is 0.276. The number of unbranched alkanes of at least 4 members (excludes halogenated alkanes) is 16. The van der Waals surface area contributed by atoms with E-state index < -0.39 is 0 Å². The van der Waals surface area contributed by atoms with Crippen molar-refractivity contribution in [3.8, 4) is 6.07 Å². The van der Waals surface area contributed by atoms with E-state index in [1.54, 1.807) is 33.1 Å². The Kier molecular flexibility index (Phi) is 18.5. The molecule has 0 aliphatic rings. The second-order valence-corrected chi connectivity index (χ2v) is 20.7. The number of rotatable bonds is 24. The summed E-state index contributed by atoms with van der Waals surface area (Å²) in [6, 6.07) is 16.9. The average molecular weight is 1070 g/mol. The highest BCUT2D eigenvalue weighted by Crippen LogP contribution is 2.33. The van der Waals surface area contributed by atoms with Gasteiger partial charge in [0.05, 0.1) is 47.3 Å². The topological polar surface area (TPSA) is 114 Å². The van der Waals surface area contributed by atoms with Crippen LogP contribution in [-0.4, -0.2) is 17.6 Å². The van der Waals surface area contributed by atoms with Crippen molar-refractivity contribution in [2.75, 3.05) is 0 Å². The SMILES string of the molecule is CCCCCCCc1c2c(=O)n3c(Br)ccc3c(CCCCCCC)c2c(=O)n2c(Br)ccc12.[C-]#[N+]c1ccc2c(CCCCCCC)c3c(=O)n4c(C#N)ccc4c(CCCCCCC)c3c(=O)n12. The van der Waals surface area contributed by atoms with Crippen LogP contribution in [0.1, 0.15) is 184 Å². The van der Waals surface area contributed by atoms with Crippen molar-refractivity contribution >= 4 is 81.3 Å². The summed E-state index contributed by atoms with van der Waals surface area (Å²) in [5, 5.41) is 11.8. The maximum atomic E-state index is 13.9. The fourth-order valence-electron chi connectivity index (χ4n) is 10.8. The Hall–Kier alpha value is -5.30. The van der Waals surface area contributed by atoms with E-state index >= 15 is 0 Å². The van der Waals surface area contributed by atoms with Gasteiger partial charge in [-0.3, -0.25) is 27.6 Å². The van der Waals surface area contributed by atoms with Crippen LogP contribution in [0.3, 0.4) is 0 Å². The third kappa shape index (κ3) is 10.5. The minimum Gasteiger partial charge on any atom is -0.364 e. The fourth-order valence-corrected chi connectivity index (χ4v) is 11.8. The molecule has 8 rings (SSSR count). The van der Waals surface area contributed by atoms with E-state index in [2.05, 4.69) is 70.5 Å². The summed E-state index contributed by atoms with van der Waals surface area (Å²) in [6.45, 7) is 16.4. The number of aryl methyl sites for hydroxylation is 4. The quantitative estimate of drug-likeness (QED) is 0.0442. The van der Waals surface area contributed by atoms with Gasteiger partial charge in [-0.05, 0) is 148 Å². The Labute approximate surface area is 428 Å². The minimum absolute atomic E-state index is 0.0860. The lowest BCUT2D eigenvalue weighted by atomic mass is 9.95. The van der Waals surface area contributed by atoms with Gasteiger partial charge in [0.15, 0.2) is 0 Å². The van der Waals surface area contributed by atoms with Gasteiger partial charge in [0.2, 0.25) is 5.82 Å². The molecule has 0 bridgehead atoms. The number of aromatic nitrogens is 4. The third-order valence-electron chi connectivity index (χ3n) is 14.4. The van der Waals surface area contributed by atoms with E-state index in [-0.39, 0.29) is 28.1 Å². The molecule has 0 aliphatic carbocycles. The summed E-state index contributed by atoms with van der Waals surface area (Å²) >= 11 is 7.18. The zero-order valence-electron chi connectivity index (χ0n) is 41.7. The minimum atomic E-state index is -0.301. The Balaban J connectivity index is 0.000000207. The van der Waals surface area contributed by atoms with Crippen LogP contribution in [0.15, 0.2) is 76.9 Å². The van der Waals surface area contributed by atoms with Gasteiger partial charge in [-0.25, -0.2) is 9.20 Å². The Morgan fingerprint density at radius 3 is 1.09 bits per heavy atom. The van der Waals surface area contributed by atoms with Gasteiger partial charge >= 0.3 is 5.56 Å². The number of nitrogens with zero attached hydrogens (tertiary/aromatic N) is 6. The molecule has 0 spiro atoms. The monoisotopic (exact) mass is 1070 g/mol. The van der Waals surface area contributed by atoms with Crippen LogP contribution in [0.4, 0.5) is 5.82 Å². The lowest BCUT2D eigenvalue weighted by Crippen LogP contribution is -2.24. The smallest absolute Gasteiger partial charge is 0.332 e. The van der Waals surface area contributed by atoms with Crippen molar-refractivity contribution < 1.29 is 0 Å². The molecule has 0 radical (unpaired) electrons. The number of halogens is 2. The molecule has 368 valence electrons. The lowest BCUT2D eigenvalue weighted by Gasteiger charge is -2.15. The predicted molar refractivity (Wildman–Crippen MR) is 295 cm³/mol. The van der Waals surface area contributed by atoms with Crippen LogP contribution in [0.25, 0.3) is 48.5 Å². The molecule has 0 atom stereocenters. The van der Waals surface area contributed by atoms with Crippen molar-refractivity contribution in [1.29, 1.82) is 5.26 Å². The molecule has 0 amide bonds. The number of pyridine rings is 4. The Bertz CT molecular complexity index is 3210. The molecule has 8 aromatic heterocycles. The van der Waals surface area contributed by atoms with E-state index in [9.17, 15) is 24.4 Å². The van der Waals surface area contributed by atoms with Crippen molar-refractivity contribution in [2.24, 2.45) is 0 Å². The maximum absolute atomic E-state index is 13.9. The van der Waals surface area contributed by atoms with Gasteiger partial charge in [0.1, 0.15) is 17.3 Å². The second kappa shape index (κ2) is 24.7. The Morgan fingerprint density at radius 1 is 0.429 bits per heavy atom. The van der Waals surface area contributed by atoms with Crippen molar-refractivity contribution in [2.45, 2.75) is 182 Å². The van der Waals surface area contributed by atoms with Gasteiger partial charge in [-0.15, -0.1) is 0 Å². The predicted octanol–water partition coefficient (Wildman–Crippen LogP) is 15.0. The molecular weight excluding hydrogens is 1000 g/mol. The molecule has 8 heterocycles. The van der Waals surface area contributed by atoms with Crippen molar-refractivity contribution in [3.05, 3.63) is 139 Å². The van der Waals surface area contributed by atoms with E-state index in [0.717, 1.165) is 132 Å². The highest BCUT2D eigenvalue weighted by molar-refractivity contribution is 9.10. The van der Waals surface area contributed by atoms with Crippen LogP contribution < -0.4 is 22.2 Å². The first-order valence-electron chi connectivity index (χ1n) is 26.2. The van der Waals surface area contributed by atoms with E-state index in [1.165, 1.54) is 60.2 Å². The first-order valence-corrected chi connectivity index (χ1v) is 27.8. The van der Waals surface area contributed by atoms with Gasteiger partial charge in [0, 0.05) is 5.56 Å². The van der Waals surface area contributed by atoms with Gasteiger partial charge in [-0.1, -0.05) is 137 Å². The first kappa shape index (κ1) is 52.5. The summed E-state index contributed by atoms with van der Waals surface area (Å²) in [4.78, 5) is 59.2. The van der Waals surface area contributed by atoms with Gasteiger partial charge in [-0.2, -0.15) is 5.26 Å². The van der Waals surface area contributed by atoms with E-state index in [4.69, 9.17) is 6.57 Å². The lowest BCUT2D eigenvalue weighted by molar-refractivity contribution is 0.632. The van der Waals surface area contributed by atoms with E-state index in [0.29, 0.717) is 51.1 Å². The van der Waals surface area contributed by atoms with Crippen LogP contribution in [0, 0.1) is 17.9 Å². The zero-order valence-corrected chi connectivity index (χ0v) is 44.8. The van der Waals surface area contributed by atoms with Crippen LogP contribution in [0.2, 0.25) is 0 Å². The molecule has 0 fully saturated rings. The van der Waals surface area contributed by atoms with Crippen LogP contribution >= 0.6 is 31.9 Å². The Morgan fingerprint density at radius 2 is 0.729 bits per heavy atom. The van der Waals surface area contributed by atoms with Crippen LogP contribution in [-0.2, 0) is 25.7 Å². The first-order chi connectivity index (χ1) is 34.1. The van der Waals surface area contributed by atoms with Gasteiger partial charge < -0.3 is 4.85 Å². The number of nitriles is 1. The van der Waals surface area contributed by atoms with Gasteiger partial charge in [0.25, 0.3) is 16.7 Å². The van der Waals surface area contributed by atoms with Crippen molar-refractivity contribution in [1.82, 2.24) is 17.6 Å². The highest BCUT2D eigenvalue weighted by atomic mass is 79.9. The number of hydrogen-bond donors (Lipinski definition) is 0. The maximum Gasteiger partial charge on any atom is 0.332 e. The largest absolute Gasteiger partial charge is 0.364 e. The van der Waals surface area contributed by atoms with Crippen molar-refractivity contribution in [3.63, 3.8) is 0 Å². The molecule has 0 aliphatic heterocycles. The zero-order chi connectivity index (χ0) is 49.9. The summed E-state index contributed by atoms with van der Waals surface area (Å²) < 4.78 is 8.02. The number of fused-ring (bicyclic) bond motifs is 6. The molecule has 0 aromatic carbocycles. The highest BCUT2D eigenvalue weighted by Gasteiger charge is 2.27. The molecule has 10 nitrogen and oxygen atoms in total. The second-order valence-electron chi connectivity index (χ2n) is 19.1. The molecule has 8 aromatic rings. The normalized spacial score (nSPS) is 11.7. The molecule has 0 unspecified atom stereocenters. The fraction of sp³-hybridized carbons (Fsp3) is 0.483. The molecule has 70 heavy (non-hydrogen) atoms. The number of hydrogen-bond acceptors (Lipinski definition) is 5. The molecule has 12 heteroatoms. The summed E-state index contributed by atoms with van der Waals surface area (Å²) in [7, 11) is 0. The summed E-state index contributed by atoms with van der Waals surface area (Å²) in [6.07, 6.45) is 25.3. The molecular formula is C58H68Br2N6O4. The molecule has 0 saturated heterocycles. The standard InChI is InChI=1S/C30H34N4O2.C28H34Br2N2O2/c1-4-6-8-10-12-14-22-24-17-16-21(20-31)33(24)29(35)27-23(15-13-11-9-7-5-2)25-18-19-26(32-3)34(25)30(36)28(22)27;1-3-5-7-9-11-13-19-21-15-17-23(29)31(21)28(34)26-20(14-12-10-8-6-4-2)22-16-18-24(30)32(22)27(33)25(19)26/h16-19H,4-15H2,1-2H3;15-18H,3-14H2,1-2H3. The summed E-state index contributed by atoms with van der Waals surface area (Å²) in [5.41, 5.74) is 6.19. The molecule has 0 saturated carbocycles. The third-order valence-corrected chi connectivity index (χ3v) is 15.6. The molecule has 0 N–H and O–H groups in total.